The molecule has 0 atom stereocenters. The average molecular weight is 150 g/mol. The first kappa shape index (κ1) is 7.02. The van der Waals surface area contributed by atoms with Gasteiger partial charge in [-0.15, -0.1) is 0 Å². The molecule has 1 saturated carbocycles. The van der Waals surface area contributed by atoms with Crippen LogP contribution in [0.4, 0.5) is 0 Å². The van der Waals surface area contributed by atoms with Gasteiger partial charge in [0, 0.05) is 0 Å². The molecule has 0 heterocycles. The van der Waals surface area contributed by atoms with Crippen LogP contribution < -0.4 is 0 Å². The van der Waals surface area contributed by atoms with E-state index in [4.69, 9.17) is 0 Å². The van der Waals surface area contributed by atoms with E-state index in [0.29, 0.717) is 5.92 Å². The minimum absolute atomic E-state index is 0.212. The van der Waals surface area contributed by atoms with Crippen LogP contribution in [0.1, 0.15) is 12.8 Å². The fourth-order valence-electron chi connectivity index (χ4n) is 0.641. The van der Waals surface area contributed by atoms with Crippen LogP contribution in [-0.4, -0.2) is 21.3 Å². The molecule has 54 valence electrons. The summed E-state index contributed by atoms with van der Waals surface area (Å²) in [5.41, 5.74) is 0. The molecule has 1 rings (SSSR count). The van der Waals surface area contributed by atoms with Crippen molar-refractivity contribution in [3.63, 3.8) is 0 Å². The molecule has 0 aromatic carbocycles. The van der Waals surface area contributed by atoms with Crippen molar-refractivity contribution >= 4 is 10.1 Å². The van der Waals surface area contributed by atoms with E-state index in [-0.39, 0.29) is 5.75 Å². The first-order chi connectivity index (χ1) is 4.14. The Kier molecular flexibility index (Phi) is 1.77. The van der Waals surface area contributed by atoms with Gasteiger partial charge < -0.3 is 0 Å². The van der Waals surface area contributed by atoms with Gasteiger partial charge in [0.2, 0.25) is 0 Å². The van der Waals surface area contributed by atoms with Gasteiger partial charge in [-0.2, -0.15) is 8.42 Å². The molecule has 0 bridgehead atoms. The number of rotatable bonds is 3. The van der Waals surface area contributed by atoms with E-state index in [0.717, 1.165) is 12.8 Å². The van der Waals surface area contributed by atoms with Crippen molar-refractivity contribution in [1.29, 1.82) is 0 Å². The molecule has 0 aromatic rings. The highest BCUT2D eigenvalue weighted by Gasteiger charge is 2.27. The second-order valence-electron chi connectivity index (χ2n) is 2.33. The van der Waals surface area contributed by atoms with Crippen LogP contribution in [0.5, 0.6) is 0 Å². The largest absolute Gasteiger partial charge is 0.273 e. The molecule has 4 heteroatoms. The highest BCUT2D eigenvalue weighted by Crippen LogP contribution is 2.30. The van der Waals surface area contributed by atoms with Crippen molar-refractivity contribution in [3.8, 4) is 0 Å². The molecule has 0 amide bonds. The molecule has 3 nitrogen and oxygen atoms in total. The lowest BCUT2D eigenvalue weighted by Crippen LogP contribution is -2.08. The fraction of sp³-hybridized carbons (Fsp3) is 1.00. The summed E-state index contributed by atoms with van der Waals surface area (Å²) in [5, 5.41) is 0. The zero-order valence-corrected chi connectivity index (χ0v) is 6.15. The standard InChI is InChI=1S/C5H10O3S/c1-8-9(6,7)4-5-2-3-5/h5H,2-4H2,1H3. The van der Waals surface area contributed by atoms with Crippen molar-refractivity contribution in [1.82, 2.24) is 0 Å². The second kappa shape index (κ2) is 2.27. The fourth-order valence-corrected chi connectivity index (χ4v) is 1.69. The molecule has 0 spiro atoms. The summed E-state index contributed by atoms with van der Waals surface area (Å²) in [6, 6.07) is 0. The van der Waals surface area contributed by atoms with Crippen molar-refractivity contribution in [3.05, 3.63) is 0 Å². The lowest BCUT2D eigenvalue weighted by molar-refractivity contribution is 0.396. The smallest absolute Gasteiger partial charge is 0.267 e. The molecule has 0 saturated heterocycles. The lowest BCUT2D eigenvalue weighted by atomic mass is 10.5. The third kappa shape index (κ3) is 2.32. The maximum atomic E-state index is 10.6. The molecular weight excluding hydrogens is 140 g/mol. The van der Waals surface area contributed by atoms with Crippen LogP contribution in [0.3, 0.4) is 0 Å². The summed E-state index contributed by atoms with van der Waals surface area (Å²) in [6.07, 6.45) is 2.09. The molecular formula is C5H10O3S. The molecule has 9 heavy (non-hydrogen) atoms. The van der Waals surface area contributed by atoms with Crippen LogP contribution in [0.25, 0.3) is 0 Å². The third-order valence-electron chi connectivity index (χ3n) is 1.39. The predicted molar refractivity (Wildman–Crippen MR) is 33.5 cm³/mol. The highest BCUT2D eigenvalue weighted by molar-refractivity contribution is 7.86. The summed E-state index contributed by atoms with van der Waals surface area (Å²) >= 11 is 0. The maximum absolute atomic E-state index is 10.6. The monoisotopic (exact) mass is 150 g/mol. The van der Waals surface area contributed by atoms with E-state index >= 15 is 0 Å². The van der Waals surface area contributed by atoms with E-state index in [9.17, 15) is 8.42 Å². The summed E-state index contributed by atoms with van der Waals surface area (Å²) < 4.78 is 25.5. The Labute approximate surface area is 55.1 Å². The third-order valence-corrected chi connectivity index (χ3v) is 2.78. The topological polar surface area (TPSA) is 43.4 Å². The first-order valence-electron chi connectivity index (χ1n) is 2.92. The van der Waals surface area contributed by atoms with Gasteiger partial charge in [0.25, 0.3) is 10.1 Å². The van der Waals surface area contributed by atoms with Gasteiger partial charge in [-0.25, -0.2) is 0 Å². The molecule has 0 unspecified atom stereocenters. The Bertz CT molecular complexity index is 178. The highest BCUT2D eigenvalue weighted by atomic mass is 32.2. The Morgan fingerprint density at radius 3 is 2.44 bits per heavy atom. The molecule has 1 aliphatic carbocycles. The van der Waals surface area contributed by atoms with Gasteiger partial charge in [0.05, 0.1) is 12.9 Å². The van der Waals surface area contributed by atoms with Crippen molar-refractivity contribution in [2.75, 3.05) is 12.9 Å². The summed E-state index contributed by atoms with van der Waals surface area (Å²) in [4.78, 5) is 0. The van der Waals surface area contributed by atoms with Crippen molar-refractivity contribution in [2.24, 2.45) is 5.92 Å². The molecule has 0 aromatic heterocycles. The molecule has 0 radical (unpaired) electrons. The van der Waals surface area contributed by atoms with E-state index < -0.39 is 10.1 Å². The molecule has 1 aliphatic rings. The Morgan fingerprint density at radius 1 is 1.56 bits per heavy atom. The van der Waals surface area contributed by atoms with Gasteiger partial charge in [0.15, 0.2) is 0 Å². The Morgan fingerprint density at radius 2 is 2.11 bits per heavy atom. The minimum atomic E-state index is -3.16. The first-order valence-corrected chi connectivity index (χ1v) is 4.50. The van der Waals surface area contributed by atoms with Crippen LogP contribution in [0.2, 0.25) is 0 Å². The summed E-state index contributed by atoms with van der Waals surface area (Å²) in [6.45, 7) is 0. The zero-order valence-electron chi connectivity index (χ0n) is 5.33. The van der Waals surface area contributed by atoms with E-state index in [1.807, 2.05) is 0 Å². The molecule has 0 aliphatic heterocycles. The molecule has 1 fully saturated rings. The van der Waals surface area contributed by atoms with Gasteiger partial charge in [-0.3, -0.25) is 4.18 Å². The van der Waals surface area contributed by atoms with Gasteiger partial charge >= 0.3 is 0 Å². The van der Waals surface area contributed by atoms with Gasteiger partial charge in [-0.05, 0) is 18.8 Å². The van der Waals surface area contributed by atoms with E-state index in [1.165, 1.54) is 7.11 Å². The van der Waals surface area contributed by atoms with Crippen LogP contribution >= 0.6 is 0 Å². The van der Waals surface area contributed by atoms with Crippen molar-refractivity contribution < 1.29 is 12.6 Å². The van der Waals surface area contributed by atoms with Gasteiger partial charge in [0.1, 0.15) is 0 Å². The zero-order chi connectivity index (χ0) is 6.91. The Balaban J connectivity index is 2.40. The Hall–Kier alpha value is -0.0900. The number of hydrogen-bond acceptors (Lipinski definition) is 3. The lowest BCUT2D eigenvalue weighted by Gasteiger charge is -1.96. The van der Waals surface area contributed by atoms with Crippen LogP contribution in [-0.2, 0) is 14.3 Å². The normalized spacial score (nSPS) is 20.1. The average Bonchev–Trinajstić information content (AvgIpc) is 2.50. The minimum Gasteiger partial charge on any atom is -0.273 e. The van der Waals surface area contributed by atoms with Crippen LogP contribution in [0.15, 0.2) is 0 Å². The summed E-state index contributed by atoms with van der Waals surface area (Å²) in [5.74, 6) is 0.596. The number of hydrogen-bond donors (Lipinski definition) is 0. The SMILES string of the molecule is COS(=O)(=O)CC1CC1. The van der Waals surface area contributed by atoms with E-state index in [1.54, 1.807) is 0 Å². The van der Waals surface area contributed by atoms with Crippen LogP contribution in [0, 0.1) is 5.92 Å². The quantitative estimate of drug-likeness (QED) is 0.546. The second-order valence-corrected chi connectivity index (χ2v) is 4.12. The van der Waals surface area contributed by atoms with E-state index in [2.05, 4.69) is 4.18 Å². The van der Waals surface area contributed by atoms with Crippen molar-refractivity contribution in [2.45, 2.75) is 12.8 Å². The van der Waals surface area contributed by atoms with Gasteiger partial charge in [-0.1, -0.05) is 0 Å². The molecule has 0 N–H and O–H groups in total. The predicted octanol–water partition coefficient (Wildman–Crippen LogP) is 0.373. The summed E-state index contributed by atoms with van der Waals surface area (Å²) in [7, 11) is -1.95. The maximum Gasteiger partial charge on any atom is 0.267 e.